The molecule has 0 saturated heterocycles. The number of ether oxygens (including phenoxy) is 1. The molecule has 3 N–H and O–H groups in total. The van der Waals surface area contributed by atoms with Crippen molar-refractivity contribution in [3.05, 3.63) is 72.4 Å². The molecule has 1 amide bonds. The molecule has 128 valence electrons. The van der Waals surface area contributed by atoms with E-state index in [1.54, 1.807) is 30.5 Å². The van der Waals surface area contributed by atoms with Crippen LogP contribution in [0.2, 0.25) is 0 Å². The molecule has 2 heterocycles. The van der Waals surface area contributed by atoms with Crippen LogP contribution in [-0.4, -0.2) is 15.9 Å². The standard InChI is InChI=1S/C19H14N4O2S/c20-15-9-8-13(25-12-5-2-1-3-6-12)11-14(15)17(24)23-19-22-16-7-4-10-21-18(16)26-19/h1-11H,20H2,(H,22,23,24). The minimum atomic E-state index is -0.347. The molecule has 26 heavy (non-hydrogen) atoms. The predicted octanol–water partition coefficient (Wildman–Crippen LogP) is 4.32. The number of hydrogen-bond donors (Lipinski definition) is 2. The summed E-state index contributed by atoms with van der Waals surface area (Å²) >= 11 is 1.31. The molecule has 4 aromatic rings. The molecule has 0 atom stereocenters. The Kier molecular flexibility index (Phi) is 4.20. The SMILES string of the molecule is Nc1ccc(Oc2ccccc2)cc1C(=O)Nc1nc2cccnc2s1. The fourth-order valence-electron chi connectivity index (χ4n) is 2.41. The summed E-state index contributed by atoms with van der Waals surface area (Å²) in [4.78, 5) is 21.9. The molecule has 0 fully saturated rings. The molecule has 0 aliphatic rings. The van der Waals surface area contributed by atoms with Crippen molar-refractivity contribution in [2.45, 2.75) is 0 Å². The van der Waals surface area contributed by atoms with Crippen LogP contribution in [0.25, 0.3) is 10.3 Å². The molecule has 7 heteroatoms. The number of nitrogens with two attached hydrogens (primary N) is 1. The molecule has 0 aliphatic heterocycles. The third-order valence-corrected chi connectivity index (χ3v) is 4.53. The number of pyridine rings is 1. The van der Waals surface area contributed by atoms with E-state index < -0.39 is 0 Å². The van der Waals surface area contributed by atoms with Gasteiger partial charge in [-0.25, -0.2) is 9.97 Å². The van der Waals surface area contributed by atoms with Crippen LogP contribution >= 0.6 is 11.3 Å². The Labute approximate surface area is 153 Å². The van der Waals surface area contributed by atoms with E-state index in [0.717, 1.165) is 10.3 Å². The number of carbonyl (C=O) groups is 1. The summed E-state index contributed by atoms with van der Waals surface area (Å²) in [6, 6.07) is 18.0. The van der Waals surface area contributed by atoms with Crippen molar-refractivity contribution in [1.82, 2.24) is 9.97 Å². The lowest BCUT2D eigenvalue weighted by Crippen LogP contribution is -2.14. The van der Waals surface area contributed by atoms with Gasteiger partial charge in [0.1, 0.15) is 21.8 Å². The number of rotatable bonds is 4. The first-order valence-corrected chi connectivity index (χ1v) is 8.66. The molecular formula is C19H14N4O2S. The van der Waals surface area contributed by atoms with Gasteiger partial charge in [0.15, 0.2) is 5.13 Å². The highest BCUT2D eigenvalue weighted by molar-refractivity contribution is 7.21. The number of thiazole rings is 1. The summed E-state index contributed by atoms with van der Waals surface area (Å²) in [5.74, 6) is 0.863. The van der Waals surface area contributed by atoms with E-state index >= 15 is 0 Å². The molecule has 6 nitrogen and oxygen atoms in total. The average molecular weight is 362 g/mol. The first-order chi connectivity index (χ1) is 12.7. The largest absolute Gasteiger partial charge is 0.457 e. The number of nitrogens with zero attached hydrogens (tertiary/aromatic N) is 2. The third kappa shape index (κ3) is 3.33. The first kappa shape index (κ1) is 16.0. The lowest BCUT2D eigenvalue weighted by molar-refractivity contribution is 0.102. The van der Waals surface area contributed by atoms with Crippen LogP contribution in [-0.2, 0) is 0 Å². The quantitative estimate of drug-likeness (QED) is 0.528. The number of fused-ring (bicyclic) bond motifs is 1. The van der Waals surface area contributed by atoms with E-state index in [4.69, 9.17) is 10.5 Å². The molecule has 0 spiro atoms. The number of carbonyl (C=O) groups excluding carboxylic acids is 1. The van der Waals surface area contributed by atoms with Gasteiger partial charge in [-0.05, 0) is 42.5 Å². The maximum Gasteiger partial charge on any atom is 0.259 e. The van der Waals surface area contributed by atoms with Crippen molar-refractivity contribution in [2.24, 2.45) is 0 Å². The summed E-state index contributed by atoms with van der Waals surface area (Å²) < 4.78 is 5.76. The zero-order chi connectivity index (χ0) is 17.9. The Morgan fingerprint density at radius 2 is 1.88 bits per heavy atom. The number of aromatic nitrogens is 2. The van der Waals surface area contributed by atoms with Crippen LogP contribution in [0.4, 0.5) is 10.8 Å². The topological polar surface area (TPSA) is 90.1 Å². The van der Waals surface area contributed by atoms with Crippen LogP contribution < -0.4 is 15.8 Å². The second kappa shape index (κ2) is 6.81. The Bertz CT molecular complexity index is 1050. The molecule has 0 saturated carbocycles. The summed E-state index contributed by atoms with van der Waals surface area (Å²) in [6.45, 7) is 0. The predicted molar refractivity (Wildman–Crippen MR) is 103 cm³/mol. The van der Waals surface area contributed by atoms with Gasteiger partial charge in [-0.3, -0.25) is 10.1 Å². The van der Waals surface area contributed by atoms with Gasteiger partial charge in [0.2, 0.25) is 0 Å². The van der Waals surface area contributed by atoms with Crippen LogP contribution in [0.5, 0.6) is 11.5 Å². The summed E-state index contributed by atoms with van der Waals surface area (Å²) in [7, 11) is 0. The van der Waals surface area contributed by atoms with Crippen LogP contribution in [0, 0.1) is 0 Å². The zero-order valence-corrected chi connectivity index (χ0v) is 14.4. The average Bonchev–Trinajstić information content (AvgIpc) is 3.06. The molecule has 0 unspecified atom stereocenters. The van der Waals surface area contributed by atoms with Crippen molar-refractivity contribution >= 4 is 38.4 Å². The monoisotopic (exact) mass is 362 g/mol. The minimum Gasteiger partial charge on any atom is -0.457 e. The zero-order valence-electron chi connectivity index (χ0n) is 13.5. The van der Waals surface area contributed by atoms with Gasteiger partial charge in [0.05, 0.1) is 5.56 Å². The van der Waals surface area contributed by atoms with Crippen molar-refractivity contribution < 1.29 is 9.53 Å². The lowest BCUT2D eigenvalue weighted by Gasteiger charge is -2.09. The van der Waals surface area contributed by atoms with Crippen molar-refractivity contribution in [3.8, 4) is 11.5 Å². The molecule has 4 rings (SSSR count). The van der Waals surface area contributed by atoms with E-state index in [-0.39, 0.29) is 5.91 Å². The van der Waals surface area contributed by atoms with E-state index in [9.17, 15) is 4.79 Å². The molecule has 0 bridgehead atoms. The van der Waals surface area contributed by atoms with Crippen molar-refractivity contribution in [3.63, 3.8) is 0 Å². The maximum absolute atomic E-state index is 12.6. The van der Waals surface area contributed by atoms with Crippen molar-refractivity contribution in [2.75, 3.05) is 11.1 Å². The number of benzene rings is 2. The van der Waals surface area contributed by atoms with Crippen LogP contribution in [0.1, 0.15) is 10.4 Å². The highest BCUT2D eigenvalue weighted by atomic mass is 32.1. The lowest BCUT2D eigenvalue weighted by atomic mass is 10.1. The van der Waals surface area contributed by atoms with E-state index in [2.05, 4.69) is 15.3 Å². The summed E-state index contributed by atoms with van der Waals surface area (Å²) in [6.07, 6.45) is 1.69. The Morgan fingerprint density at radius 3 is 2.69 bits per heavy atom. The van der Waals surface area contributed by atoms with Gasteiger partial charge in [0, 0.05) is 11.9 Å². The van der Waals surface area contributed by atoms with Crippen LogP contribution in [0.15, 0.2) is 66.9 Å². The second-order valence-electron chi connectivity index (χ2n) is 5.46. The highest BCUT2D eigenvalue weighted by Gasteiger charge is 2.14. The van der Waals surface area contributed by atoms with Crippen molar-refractivity contribution in [1.29, 1.82) is 0 Å². The Hall–Kier alpha value is -3.45. The molecular weight excluding hydrogens is 348 g/mol. The molecule has 0 radical (unpaired) electrons. The smallest absolute Gasteiger partial charge is 0.259 e. The maximum atomic E-state index is 12.6. The van der Waals surface area contributed by atoms with Gasteiger partial charge >= 0.3 is 0 Å². The first-order valence-electron chi connectivity index (χ1n) is 7.84. The fourth-order valence-corrected chi connectivity index (χ4v) is 3.21. The summed E-state index contributed by atoms with van der Waals surface area (Å²) in [5.41, 5.74) is 7.39. The number of hydrogen-bond acceptors (Lipinski definition) is 6. The Balaban J connectivity index is 1.57. The van der Waals surface area contributed by atoms with Gasteiger partial charge in [-0.2, -0.15) is 0 Å². The summed E-state index contributed by atoms with van der Waals surface area (Å²) in [5, 5.41) is 3.24. The molecule has 2 aromatic carbocycles. The number of nitrogen functional groups attached to an aromatic ring is 1. The van der Waals surface area contributed by atoms with E-state index in [1.807, 2.05) is 36.4 Å². The number of nitrogens with one attached hydrogen (secondary N) is 1. The Morgan fingerprint density at radius 1 is 1.04 bits per heavy atom. The molecule has 2 aromatic heterocycles. The van der Waals surface area contributed by atoms with Gasteiger partial charge in [-0.15, -0.1) is 0 Å². The second-order valence-corrected chi connectivity index (χ2v) is 6.44. The van der Waals surface area contributed by atoms with Gasteiger partial charge in [-0.1, -0.05) is 29.5 Å². The number of para-hydroxylation sites is 1. The number of anilines is 2. The third-order valence-electron chi connectivity index (χ3n) is 3.64. The van der Waals surface area contributed by atoms with Crippen LogP contribution in [0.3, 0.4) is 0 Å². The number of amides is 1. The minimum absolute atomic E-state index is 0.325. The normalized spacial score (nSPS) is 10.6. The van der Waals surface area contributed by atoms with E-state index in [1.165, 1.54) is 11.3 Å². The highest BCUT2D eigenvalue weighted by Crippen LogP contribution is 2.27. The van der Waals surface area contributed by atoms with Gasteiger partial charge in [0.25, 0.3) is 5.91 Å². The molecule has 0 aliphatic carbocycles. The van der Waals surface area contributed by atoms with E-state index in [0.29, 0.717) is 27.9 Å². The fraction of sp³-hybridized carbons (Fsp3) is 0. The van der Waals surface area contributed by atoms with Gasteiger partial charge < -0.3 is 10.5 Å².